The molecule has 1 aromatic heterocycles. The van der Waals surface area contributed by atoms with Crippen molar-refractivity contribution in [1.29, 1.82) is 0 Å². The Hall–Kier alpha value is -2.80. The predicted octanol–water partition coefficient (Wildman–Crippen LogP) is 3.24. The molecule has 28 heavy (non-hydrogen) atoms. The average molecular weight is 383 g/mol. The fraction of sp³-hybridized carbons (Fsp3) is 0.429. The highest BCUT2D eigenvalue weighted by molar-refractivity contribution is 5.94. The molecule has 3 aliphatic heterocycles. The predicted molar refractivity (Wildman–Crippen MR) is 105 cm³/mol. The fourth-order valence-corrected chi connectivity index (χ4v) is 4.21. The summed E-state index contributed by atoms with van der Waals surface area (Å²) in [6, 6.07) is 9.14. The molecular formula is C21H25N3O4. The van der Waals surface area contributed by atoms with Gasteiger partial charge < -0.3 is 19.8 Å². The minimum Gasteiger partial charge on any atom is -0.432 e. The van der Waals surface area contributed by atoms with Gasteiger partial charge in [-0.05, 0) is 63.0 Å². The normalized spacial score (nSPS) is 25.9. The van der Waals surface area contributed by atoms with Gasteiger partial charge >= 0.3 is 0 Å². The van der Waals surface area contributed by atoms with Gasteiger partial charge in [-0.2, -0.15) is 0 Å². The molecule has 0 radical (unpaired) electrons. The van der Waals surface area contributed by atoms with Crippen molar-refractivity contribution in [3.63, 3.8) is 0 Å². The van der Waals surface area contributed by atoms with E-state index in [9.17, 15) is 9.59 Å². The van der Waals surface area contributed by atoms with Crippen molar-refractivity contribution in [3.8, 4) is 11.7 Å². The van der Waals surface area contributed by atoms with Gasteiger partial charge in [0.1, 0.15) is 12.0 Å². The summed E-state index contributed by atoms with van der Waals surface area (Å²) in [5, 5.41) is 5.85. The molecule has 7 nitrogen and oxygen atoms in total. The van der Waals surface area contributed by atoms with Crippen LogP contribution in [0.5, 0.6) is 11.7 Å². The number of fused-ring (bicyclic) bond motifs is 3. The summed E-state index contributed by atoms with van der Waals surface area (Å²) in [4.78, 5) is 26.2. The minimum absolute atomic E-state index is 0.0527. The Balaban J connectivity index is 1.37. The molecule has 2 atom stereocenters. The second kappa shape index (κ2) is 7.67. The van der Waals surface area contributed by atoms with Gasteiger partial charge in [-0.3, -0.25) is 14.5 Å². The Bertz CT molecular complexity index is 851. The van der Waals surface area contributed by atoms with Gasteiger partial charge in [0.15, 0.2) is 0 Å². The first kappa shape index (κ1) is 18.6. The number of rotatable bonds is 5. The third kappa shape index (κ3) is 3.89. The van der Waals surface area contributed by atoms with Gasteiger partial charge in [0.05, 0.1) is 5.69 Å². The molecule has 2 bridgehead atoms. The molecule has 3 fully saturated rings. The third-order valence-electron chi connectivity index (χ3n) is 5.71. The van der Waals surface area contributed by atoms with E-state index in [1.165, 1.54) is 13.2 Å². The number of nitrogens with zero attached hydrogens (tertiary/aromatic N) is 1. The molecule has 0 aliphatic carbocycles. The van der Waals surface area contributed by atoms with Crippen LogP contribution in [0.3, 0.4) is 0 Å². The molecule has 4 heterocycles. The quantitative estimate of drug-likeness (QED) is 0.828. The van der Waals surface area contributed by atoms with Crippen LogP contribution in [0.1, 0.15) is 37.0 Å². The van der Waals surface area contributed by atoms with E-state index in [2.05, 4.69) is 22.5 Å². The van der Waals surface area contributed by atoms with E-state index in [4.69, 9.17) is 9.15 Å². The number of piperidine rings is 3. The highest BCUT2D eigenvalue weighted by Crippen LogP contribution is 2.32. The summed E-state index contributed by atoms with van der Waals surface area (Å²) < 4.78 is 10.9. The van der Waals surface area contributed by atoms with Crippen molar-refractivity contribution in [2.75, 3.05) is 18.4 Å². The first-order valence-corrected chi connectivity index (χ1v) is 9.68. The van der Waals surface area contributed by atoms with Crippen LogP contribution in [0, 0.1) is 5.92 Å². The minimum atomic E-state index is -0.181. The summed E-state index contributed by atoms with van der Waals surface area (Å²) in [5.74, 6) is 1.16. The van der Waals surface area contributed by atoms with Crippen molar-refractivity contribution in [1.82, 2.24) is 10.2 Å². The smallest absolute Gasteiger partial charge is 0.291 e. The molecule has 3 aliphatic rings. The van der Waals surface area contributed by atoms with Gasteiger partial charge in [0.25, 0.3) is 11.9 Å². The Labute approximate surface area is 164 Å². The summed E-state index contributed by atoms with van der Waals surface area (Å²) >= 11 is 0. The van der Waals surface area contributed by atoms with Gasteiger partial charge in [-0.25, -0.2) is 0 Å². The number of furan rings is 1. The summed E-state index contributed by atoms with van der Waals surface area (Å²) in [6.07, 6.45) is 3.73. The van der Waals surface area contributed by atoms with Crippen LogP contribution >= 0.6 is 0 Å². The molecule has 7 heteroatoms. The lowest BCUT2D eigenvalue weighted by molar-refractivity contribution is -0.114. The molecule has 2 unspecified atom stereocenters. The molecule has 0 saturated carbocycles. The zero-order chi connectivity index (χ0) is 19.7. The van der Waals surface area contributed by atoms with Crippen molar-refractivity contribution in [2.45, 2.75) is 38.8 Å². The number of hydrogen-bond donors (Lipinski definition) is 2. The Morgan fingerprint density at radius 3 is 2.54 bits per heavy atom. The maximum Gasteiger partial charge on any atom is 0.291 e. The zero-order valence-electron chi connectivity index (χ0n) is 16.1. The second-order valence-electron chi connectivity index (χ2n) is 7.58. The highest BCUT2D eigenvalue weighted by atomic mass is 16.6. The van der Waals surface area contributed by atoms with E-state index in [1.807, 2.05) is 0 Å². The molecule has 0 spiro atoms. The van der Waals surface area contributed by atoms with Crippen LogP contribution in [0.4, 0.5) is 5.69 Å². The largest absolute Gasteiger partial charge is 0.432 e. The molecule has 2 N–H and O–H groups in total. The van der Waals surface area contributed by atoms with Gasteiger partial charge in [-0.15, -0.1) is 0 Å². The summed E-state index contributed by atoms with van der Waals surface area (Å²) in [7, 11) is 0. The Morgan fingerprint density at radius 2 is 1.89 bits per heavy atom. The number of hydrogen-bond acceptors (Lipinski definition) is 5. The second-order valence-corrected chi connectivity index (χ2v) is 7.58. The number of ether oxygens (including phenoxy) is 1. The summed E-state index contributed by atoms with van der Waals surface area (Å²) in [6.45, 7) is 5.90. The lowest BCUT2D eigenvalue weighted by Crippen LogP contribution is -2.62. The first-order valence-electron chi connectivity index (χ1n) is 9.68. The van der Waals surface area contributed by atoms with Gasteiger partial charge in [0, 0.05) is 30.6 Å². The lowest BCUT2D eigenvalue weighted by atomic mass is 9.79. The first-order chi connectivity index (χ1) is 13.5. The number of benzene rings is 1. The zero-order valence-corrected chi connectivity index (χ0v) is 16.1. The van der Waals surface area contributed by atoms with Crippen LogP contribution in [0.2, 0.25) is 0 Å². The van der Waals surface area contributed by atoms with E-state index < -0.39 is 0 Å². The fourth-order valence-electron chi connectivity index (χ4n) is 4.21. The third-order valence-corrected chi connectivity index (χ3v) is 5.71. The van der Waals surface area contributed by atoms with Crippen LogP contribution in [-0.4, -0.2) is 41.9 Å². The molecule has 2 aromatic rings. The number of anilines is 1. The van der Waals surface area contributed by atoms with Crippen molar-refractivity contribution < 1.29 is 18.7 Å². The number of carbonyl (C=O) groups is 2. The molecular weight excluding hydrogens is 358 g/mol. The van der Waals surface area contributed by atoms with Crippen LogP contribution in [0.25, 0.3) is 0 Å². The van der Waals surface area contributed by atoms with E-state index in [0.29, 0.717) is 29.0 Å². The van der Waals surface area contributed by atoms with Crippen molar-refractivity contribution in [2.24, 2.45) is 5.92 Å². The van der Waals surface area contributed by atoms with Crippen molar-refractivity contribution >= 4 is 17.5 Å². The maximum atomic E-state index is 12.7. The number of carbonyl (C=O) groups excluding carboxylic acids is 2. The monoisotopic (exact) mass is 383 g/mol. The number of amides is 2. The number of nitrogens with one attached hydrogen (secondary N) is 2. The SMILES string of the molecule is CC(=O)Nc1coc(Oc2ccc(C(=O)NC3C4CCN(CC4)C3C)cc2)c1. The molecule has 2 amide bonds. The topological polar surface area (TPSA) is 83.8 Å². The maximum absolute atomic E-state index is 12.7. The van der Waals surface area contributed by atoms with Crippen LogP contribution in [0.15, 0.2) is 41.0 Å². The van der Waals surface area contributed by atoms with Gasteiger partial charge in [0.2, 0.25) is 5.91 Å². The van der Waals surface area contributed by atoms with E-state index in [-0.39, 0.29) is 23.8 Å². The van der Waals surface area contributed by atoms with E-state index >= 15 is 0 Å². The van der Waals surface area contributed by atoms with E-state index in [1.54, 1.807) is 30.3 Å². The Kier molecular flexibility index (Phi) is 5.09. The van der Waals surface area contributed by atoms with Crippen LogP contribution in [-0.2, 0) is 4.79 Å². The lowest BCUT2D eigenvalue weighted by Gasteiger charge is -2.49. The molecule has 3 saturated heterocycles. The molecule has 1 aromatic carbocycles. The molecule has 5 rings (SSSR count). The van der Waals surface area contributed by atoms with E-state index in [0.717, 1.165) is 25.9 Å². The summed E-state index contributed by atoms with van der Waals surface area (Å²) in [5.41, 5.74) is 1.14. The molecule has 148 valence electrons. The average Bonchev–Trinajstić information content (AvgIpc) is 3.11. The Morgan fingerprint density at radius 1 is 1.18 bits per heavy atom. The van der Waals surface area contributed by atoms with Crippen molar-refractivity contribution in [3.05, 3.63) is 42.2 Å². The van der Waals surface area contributed by atoms with Crippen LogP contribution < -0.4 is 15.4 Å². The van der Waals surface area contributed by atoms with Gasteiger partial charge in [-0.1, -0.05) is 0 Å². The standard InChI is InChI=1S/C21H25N3O4/c1-13-20(15-7-9-24(13)10-8-15)23-21(26)16-3-5-18(6-4-16)28-19-11-17(12-27-19)22-14(2)25/h3-6,11-13,15,20H,7-10H2,1-2H3,(H,22,25)(H,23,26). The highest BCUT2D eigenvalue weighted by Gasteiger charge is 2.40.